The molecule has 0 heterocycles. The zero-order valence-corrected chi connectivity index (χ0v) is 28.2. The van der Waals surface area contributed by atoms with E-state index in [1.54, 1.807) is 0 Å². The van der Waals surface area contributed by atoms with E-state index in [0.29, 0.717) is 0 Å². The van der Waals surface area contributed by atoms with Crippen LogP contribution in [0.1, 0.15) is 0 Å². The average molecular weight is 650 g/mol. The Morgan fingerprint density at radius 3 is 1.35 bits per heavy atom. The van der Waals surface area contributed by atoms with Gasteiger partial charge in [-0.3, -0.25) is 0 Å². The second-order valence-electron chi connectivity index (χ2n) is 12.9. The van der Waals surface area contributed by atoms with Crippen molar-refractivity contribution in [2.75, 3.05) is 4.90 Å². The first-order valence-corrected chi connectivity index (χ1v) is 17.5. The summed E-state index contributed by atoms with van der Waals surface area (Å²) in [4.78, 5) is 2.47. The van der Waals surface area contributed by atoms with Gasteiger partial charge in [-0.2, -0.15) is 0 Å². The van der Waals surface area contributed by atoms with Crippen molar-refractivity contribution in [3.8, 4) is 44.5 Å². The van der Waals surface area contributed by atoms with Gasteiger partial charge >= 0.3 is 0 Å². The summed E-state index contributed by atoms with van der Waals surface area (Å²) in [6, 6.07) is 76.8. The Bertz CT molecular complexity index is 2630. The highest BCUT2D eigenvalue weighted by Crippen LogP contribution is 2.47. The zero-order valence-electron chi connectivity index (χ0n) is 28.2. The molecule has 240 valence electrons. The lowest BCUT2D eigenvalue weighted by Crippen LogP contribution is -2.13. The normalized spacial score (nSPS) is 11.1. The van der Waals surface area contributed by atoms with E-state index in [-0.39, 0.29) is 0 Å². The number of rotatable bonds is 7. The Balaban J connectivity index is 1.34. The Labute approximate surface area is 299 Å². The summed E-state index contributed by atoms with van der Waals surface area (Å²) < 4.78 is 0. The summed E-state index contributed by atoms with van der Waals surface area (Å²) in [5.74, 6) is 0. The Morgan fingerprint density at radius 1 is 0.255 bits per heavy atom. The van der Waals surface area contributed by atoms with E-state index >= 15 is 0 Å². The first-order valence-electron chi connectivity index (χ1n) is 17.5. The molecule has 0 spiro atoms. The molecule has 0 atom stereocenters. The molecule has 0 bridgehead atoms. The van der Waals surface area contributed by atoms with E-state index < -0.39 is 0 Å². The summed E-state index contributed by atoms with van der Waals surface area (Å²) in [6.07, 6.45) is 0. The van der Waals surface area contributed by atoms with Crippen LogP contribution in [-0.2, 0) is 0 Å². The van der Waals surface area contributed by atoms with Crippen LogP contribution in [0.15, 0.2) is 212 Å². The van der Waals surface area contributed by atoms with Crippen molar-refractivity contribution in [2.24, 2.45) is 0 Å². The van der Waals surface area contributed by atoms with Crippen molar-refractivity contribution in [1.29, 1.82) is 0 Å². The van der Waals surface area contributed by atoms with Crippen molar-refractivity contribution in [1.82, 2.24) is 0 Å². The van der Waals surface area contributed by atoms with Crippen LogP contribution < -0.4 is 4.90 Å². The van der Waals surface area contributed by atoms with Gasteiger partial charge in [-0.1, -0.05) is 188 Å². The van der Waals surface area contributed by atoms with Crippen LogP contribution in [0.3, 0.4) is 0 Å². The van der Waals surface area contributed by atoms with Crippen LogP contribution in [0.2, 0.25) is 0 Å². The molecule has 0 aliphatic heterocycles. The van der Waals surface area contributed by atoms with E-state index in [1.165, 1.54) is 60.5 Å². The van der Waals surface area contributed by atoms with Crippen molar-refractivity contribution in [2.45, 2.75) is 0 Å². The number of nitrogens with zero attached hydrogens (tertiary/aromatic N) is 1. The number of fused-ring (bicyclic) bond motifs is 2. The minimum absolute atomic E-state index is 1.09. The molecule has 0 aliphatic carbocycles. The standard InChI is InChI=1S/C50H35N/c1-3-16-38(17-4-1)47-28-11-12-31-49(47)51(42-25-13-24-40(34-42)45-29-14-22-36-20-7-9-26-43(36)45)50-35-41(32-33-48(50)39-18-5-2-6-19-39)46-30-15-23-37-21-8-10-27-44(37)46/h1-35H. The number of anilines is 3. The highest BCUT2D eigenvalue weighted by atomic mass is 15.1. The minimum atomic E-state index is 1.09. The molecule has 0 aliphatic rings. The third-order valence-corrected chi connectivity index (χ3v) is 9.86. The molecule has 0 unspecified atom stereocenters. The Hall–Kier alpha value is -6.70. The van der Waals surface area contributed by atoms with Gasteiger partial charge in [0.1, 0.15) is 0 Å². The van der Waals surface area contributed by atoms with Crippen LogP contribution in [0, 0.1) is 0 Å². The quantitative estimate of drug-likeness (QED) is 0.166. The summed E-state index contributed by atoms with van der Waals surface area (Å²) in [7, 11) is 0. The van der Waals surface area contributed by atoms with Gasteiger partial charge in [0.2, 0.25) is 0 Å². The largest absolute Gasteiger partial charge is 0.309 e. The molecule has 9 rings (SSSR count). The maximum absolute atomic E-state index is 2.47. The van der Waals surface area contributed by atoms with Gasteiger partial charge in [0, 0.05) is 16.8 Å². The third kappa shape index (κ3) is 5.75. The van der Waals surface area contributed by atoms with Crippen molar-refractivity contribution < 1.29 is 0 Å². The molecular weight excluding hydrogens is 615 g/mol. The van der Waals surface area contributed by atoms with Gasteiger partial charge in [0.15, 0.2) is 0 Å². The molecule has 0 N–H and O–H groups in total. The molecule has 0 fully saturated rings. The molecule has 0 saturated heterocycles. The van der Waals surface area contributed by atoms with Gasteiger partial charge in [-0.25, -0.2) is 0 Å². The van der Waals surface area contributed by atoms with Crippen molar-refractivity contribution in [3.05, 3.63) is 212 Å². The number of para-hydroxylation sites is 1. The molecule has 51 heavy (non-hydrogen) atoms. The number of hydrogen-bond donors (Lipinski definition) is 0. The topological polar surface area (TPSA) is 3.24 Å². The number of hydrogen-bond acceptors (Lipinski definition) is 1. The first-order chi connectivity index (χ1) is 25.3. The van der Waals surface area contributed by atoms with Gasteiger partial charge in [-0.15, -0.1) is 0 Å². The second kappa shape index (κ2) is 13.3. The molecule has 0 amide bonds. The van der Waals surface area contributed by atoms with Gasteiger partial charge in [0.25, 0.3) is 0 Å². The van der Waals surface area contributed by atoms with E-state index in [9.17, 15) is 0 Å². The van der Waals surface area contributed by atoms with Crippen molar-refractivity contribution >= 4 is 38.6 Å². The minimum Gasteiger partial charge on any atom is -0.309 e. The van der Waals surface area contributed by atoms with Crippen LogP contribution >= 0.6 is 0 Å². The SMILES string of the molecule is c1ccc(-c2ccccc2N(c2cccc(-c3cccc4ccccc34)c2)c2cc(-c3cccc4ccccc34)ccc2-c2ccccc2)cc1. The fourth-order valence-electron chi connectivity index (χ4n) is 7.45. The van der Waals surface area contributed by atoms with Crippen LogP contribution in [0.5, 0.6) is 0 Å². The van der Waals surface area contributed by atoms with E-state index in [2.05, 4.69) is 217 Å². The van der Waals surface area contributed by atoms with Crippen molar-refractivity contribution in [3.63, 3.8) is 0 Å². The summed E-state index contributed by atoms with van der Waals surface area (Å²) in [6.45, 7) is 0. The molecule has 1 heteroatoms. The van der Waals surface area contributed by atoms with E-state index in [4.69, 9.17) is 0 Å². The first kappa shape index (κ1) is 30.4. The smallest absolute Gasteiger partial charge is 0.0546 e. The maximum Gasteiger partial charge on any atom is 0.0546 e. The van der Waals surface area contributed by atoms with E-state index in [0.717, 1.165) is 22.6 Å². The van der Waals surface area contributed by atoms with Gasteiger partial charge < -0.3 is 4.90 Å². The summed E-state index contributed by atoms with van der Waals surface area (Å²) in [5.41, 5.74) is 12.8. The highest BCUT2D eigenvalue weighted by Gasteiger charge is 2.22. The lowest BCUT2D eigenvalue weighted by atomic mass is 9.93. The lowest BCUT2D eigenvalue weighted by molar-refractivity contribution is 1.28. The highest BCUT2D eigenvalue weighted by molar-refractivity contribution is 6.01. The predicted molar refractivity (Wildman–Crippen MR) is 218 cm³/mol. The molecule has 0 aromatic heterocycles. The molecule has 0 saturated carbocycles. The Morgan fingerprint density at radius 2 is 0.706 bits per heavy atom. The summed E-state index contributed by atoms with van der Waals surface area (Å²) in [5, 5.41) is 4.96. The summed E-state index contributed by atoms with van der Waals surface area (Å²) >= 11 is 0. The van der Waals surface area contributed by atoms with Gasteiger partial charge in [-0.05, 0) is 79.2 Å². The molecule has 9 aromatic rings. The van der Waals surface area contributed by atoms with Crippen LogP contribution in [-0.4, -0.2) is 0 Å². The molecule has 0 radical (unpaired) electrons. The maximum atomic E-state index is 2.47. The average Bonchev–Trinajstić information content (AvgIpc) is 3.21. The van der Waals surface area contributed by atoms with Crippen LogP contribution in [0.4, 0.5) is 17.1 Å². The lowest BCUT2D eigenvalue weighted by Gasteiger charge is -2.31. The second-order valence-corrected chi connectivity index (χ2v) is 12.9. The predicted octanol–water partition coefficient (Wildman–Crippen LogP) is 14.1. The monoisotopic (exact) mass is 649 g/mol. The fraction of sp³-hybridized carbons (Fsp3) is 0. The molecule has 1 nitrogen and oxygen atoms in total. The fourth-order valence-corrected chi connectivity index (χ4v) is 7.45. The zero-order chi connectivity index (χ0) is 34.0. The molecule has 9 aromatic carbocycles. The van der Waals surface area contributed by atoms with Gasteiger partial charge in [0.05, 0.1) is 11.4 Å². The van der Waals surface area contributed by atoms with Crippen LogP contribution in [0.25, 0.3) is 66.1 Å². The Kier molecular flexibility index (Phi) is 7.92. The third-order valence-electron chi connectivity index (χ3n) is 9.86. The van der Waals surface area contributed by atoms with E-state index in [1.807, 2.05) is 0 Å². The molecular formula is C50H35N. The number of benzene rings is 9.